The van der Waals surface area contributed by atoms with Gasteiger partial charge in [-0.1, -0.05) is 23.7 Å². The predicted molar refractivity (Wildman–Crippen MR) is 110 cm³/mol. The average Bonchev–Trinajstić information content (AvgIpc) is 2.70. The number of hydrogen-bond acceptors (Lipinski definition) is 6. The van der Waals surface area contributed by atoms with Crippen molar-refractivity contribution in [1.29, 1.82) is 0 Å². The van der Waals surface area contributed by atoms with Gasteiger partial charge in [0.1, 0.15) is 6.10 Å². The Balaban J connectivity index is 1.59. The number of benzene rings is 1. The lowest BCUT2D eigenvalue weighted by molar-refractivity contribution is -0.133. The predicted octanol–water partition coefficient (Wildman–Crippen LogP) is 2.92. The largest absolute Gasteiger partial charge is 0.458 e. The van der Waals surface area contributed by atoms with E-state index in [9.17, 15) is 13.2 Å². The summed E-state index contributed by atoms with van der Waals surface area (Å²) in [5, 5.41) is -0.0464. The topological polar surface area (TPSA) is 89.5 Å². The number of ether oxygens (including phenoxy) is 1. The first kappa shape index (κ1) is 21.5. The Bertz CT molecular complexity index is 947. The maximum absolute atomic E-state index is 12.7. The molecule has 0 saturated carbocycles. The molecule has 2 heterocycles. The zero-order chi connectivity index (χ0) is 21.0. The Hall–Kier alpha value is -2.19. The molecule has 1 aliphatic heterocycles. The van der Waals surface area contributed by atoms with E-state index in [1.165, 1.54) is 12.4 Å². The molecule has 0 N–H and O–H groups in total. The summed E-state index contributed by atoms with van der Waals surface area (Å²) in [4.78, 5) is 22.8. The number of likely N-dealkylation sites (tertiary alicyclic amines) is 1. The van der Waals surface area contributed by atoms with Gasteiger partial charge in [0.05, 0.1) is 40.5 Å². The molecule has 1 amide bonds. The molecule has 1 atom stereocenters. The summed E-state index contributed by atoms with van der Waals surface area (Å²) >= 11 is 5.78. The second-order valence-electron chi connectivity index (χ2n) is 7.32. The van der Waals surface area contributed by atoms with Crippen LogP contribution in [0.1, 0.15) is 32.3 Å². The van der Waals surface area contributed by atoms with Gasteiger partial charge in [-0.2, -0.15) is 0 Å². The highest BCUT2D eigenvalue weighted by Crippen LogP contribution is 2.19. The van der Waals surface area contributed by atoms with E-state index in [2.05, 4.69) is 9.97 Å². The van der Waals surface area contributed by atoms with E-state index >= 15 is 0 Å². The van der Waals surface area contributed by atoms with Crippen LogP contribution in [0.4, 0.5) is 0 Å². The molecule has 29 heavy (non-hydrogen) atoms. The number of hydrogen-bond donors (Lipinski definition) is 0. The van der Waals surface area contributed by atoms with Crippen LogP contribution in [0, 0.1) is 0 Å². The zero-order valence-corrected chi connectivity index (χ0v) is 18.0. The minimum atomic E-state index is -3.31. The van der Waals surface area contributed by atoms with Gasteiger partial charge in [0, 0.05) is 6.54 Å². The normalized spacial score (nSPS) is 17.4. The lowest BCUT2D eigenvalue weighted by atomic mass is 10.1. The molecule has 2 aromatic rings. The number of sulfone groups is 1. The first-order valence-electron chi connectivity index (χ1n) is 9.50. The summed E-state index contributed by atoms with van der Waals surface area (Å²) in [7, 11) is -3.31. The fraction of sp³-hybridized carbons (Fsp3) is 0.450. The van der Waals surface area contributed by atoms with Crippen molar-refractivity contribution in [3.8, 4) is 6.01 Å². The molecule has 1 saturated heterocycles. The molecular formula is C20H24ClN3O4S. The molecule has 0 radical (unpaired) electrons. The lowest BCUT2D eigenvalue weighted by Gasteiger charge is -2.32. The summed E-state index contributed by atoms with van der Waals surface area (Å²) in [6.45, 7) is 4.43. The van der Waals surface area contributed by atoms with E-state index in [0.717, 1.165) is 18.4 Å². The molecule has 0 bridgehead atoms. The van der Waals surface area contributed by atoms with Crippen LogP contribution in [0.25, 0.3) is 0 Å². The van der Waals surface area contributed by atoms with Crippen LogP contribution in [0.5, 0.6) is 6.01 Å². The van der Waals surface area contributed by atoms with Gasteiger partial charge in [-0.25, -0.2) is 18.4 Å². The Labute approximate surface area is 176 Å². The highest BCUT2D eigenvalue weighted by Gasteiger charge is 2.26. The Kier molecular flexibility index (Phi) is 6.74. The molecule has 0 spiro atoms. The van der Waals surface area contributed by atoms with Crippen LogP contribution in [0.3, 0.4) is 0 Å². The van der Waals surface area contributed by atoms with E-state index in [-0.39, 0.29) is 29.3 Å². The zero-order valence-electron chi connectivity index (χ0n) is 16.4. The highest BCUT2D eigenvalue weighted by molar-refractivity contribution is 7.92. The number of carbonyl (C=O) groups is 1. The van der Waals surface area contributed by atoms with Gasteiger partial charge in [0.25, 0.3) is 0 Å². The number of halogens is 1. The molecule has 7 nitrogen and oxygen atoms in total. The summed E-state index contributed by atoms with van der Waals surface area (Å²) in [6, 6.07) is 6.78. The maximum atomic E-state index is 12.7. The van der Waals surface area contributed by atoms with Gasteiger partial charge < -0.3 is 9.64 Å². The highest BCUT2D eigenvalue weighted by atomic mass is 35.5. The molecule has 1 aromatic heterocycles. The Morgan fingerprint density at radius 3 is 2.52 bits per heavy atom. The van der Waals surface area contributed by atoms with Gasteiger partial charge in [-0.05, 0) is 44.4 Å². The van der Waals surface area contributed by atoms with Crippen molar-refractivity contribution in [1.82, 2.24) is 14.9 Å². The monoisotopic (exact) mass is 437 g/mol. The van der Waals surface area contributed by atoms with E-state index in [0.29, 0.717) is 18.1 Å². The number of carbonyl (C=O) groups excluding carboxylic acids is 1. The molecule has 1 aliphatic rings. The standard InChI is InChI=1S/C20H24ClN3O4S/c1-14(2)29(26,27)18-7-5-15(6-8-18)10-19(25)24-9-3-4-17(13-24)28-20-22-11-16(21)12-23-20/h5-8,11-12,14,17H,3-4,9-10,13H2,1-2H3/t17-/m0/s1. The number of nitrogens with zero attached hydrogens (tertiary/aromatic N) is 3. The smallest absolute Gasteiger partial charge is 0.316 e. The maximum Gasteiger partial charge on any atom is 0.316 e. The number of amides is 1. The molecular weight excluding hydrogens is 414 g/mol. The second kappa shape index (κ2) is 9.09. The molecule has 0 unspecified atom stereocenters. The fourth-order valence-electron chi connectivity index (χ4n) is 3.13. The number of rotatable bonds is 6. The summed E-state index contributed by atoms with van der Waals surface area (Å²) in [5.41, 5.74) is 0.779. The van der Waals surface area contributed by atoms with Crippen LogP contribution < -0.4 is 4.74 Å². The van der Waals surface area contributed by atoms with Crippen LogP contribution in [-0.2, 0) is 21.1 Å². The van der Waals surface area contributed by atoms with E-state index in [4.69, 9.17) is 16.3 Å². The Morgan fingerprint density at radius 2 is 1.90 bits per heavy atom. The van der Waals surface area contributed by atoms with Gasteiger partial charge >= 0.3 is 6.01 Å². The molecule has 9 heteroatoms. The van der Waals surface area contributed by atoms with Crippen LogP contribution in [-0.4, -0.2) is 53.6 Å². The quantitative estimate of drug-likeness (QED) is 0.690. The van der Waals surface area contributed by atoms with Crippen LogP contribution in [0.2, 0.25) is 5.02 Å². The van der Waals surface area contributed by atoms with Crippen molar-refractivity contribution in [3.63, 3.8) is 0 Å². The minimum absolute atomic E-state index is 0.0187. The van der Waals surface area contributed by atoms with Crippen molar-refractivity contribution in [2.75, 3.05) is 13.1 Å². The summed E-state index contributed by atoms with van der Waals surface area (Å²) < 4.78 is 30.2. The van der Waals surface area contributed by atoms with Crippen molar-refractivity contribution in [2.24, 2.45) is 0 Å². The summed E-state index contributed by atoms with van der Waals surface area (Å²) in [6.07, 6.45) is 4.63. The molecule has 156 valence electrons. The van der Waals surface area contributed by atoms with Gasteiger partial charge in [0.15, 0.2) is 9.84 Å². The lowest BCUT2D eigenvalue weighted by Crippen LogP contribution is -2.45. The Morgan fingerprint density at radius 1 is 1.24 bits per heavy atom. The van der Waals surface area contributed by atoms with Crippen molar-refractivity contribution in [3.05, 3.63) is 47.2 Å². The van der Waals surface area contributed by atoms with E-state index < -0.39 is 15.1 Å². The first-order valence-corrected chi connectivity index (χ1v) is 11.4. The summed E-state index contributed by atoms with van der Waals surface area (Å²) in [5.74, 6) is -0.0187. The van der Waals surface area contributed by atoms with E-state index in [1.54, 1.807) is 43.0 Å². The first-order chi connectivity index (χ1) is 13.8. The van der Waals surface area contributed by atoms with Crippen LogP contribution in [0.15, 0.2) is 41.6 Å². The van der Waals surface area contributed by atoms with Crippen LogP contribution >= 0.6 is 11.6 Å². The molecule has 3 rings (SSSR count). The third-order valence-corrected chi connectivity index (χ3v) is 7.19. The van der Waals surface area contributed by atoms with Crippen molar-refractivity contribution >= 4 is 27.3 Å². The minimum Gasteiger partial charge on any atom is -0.458 e. The third kappa shape index (κ3) is 5.45. The van der Waals surface area contributed by atoms with Gasteiger partial charge in [0.2, 0.25) is 5.91 Å². The number of aromatic nitrogens is 2. The SMILES string of the molecule is CC(C)S(=O)(=O)c1ccc(CC(=O)N2CCC[C@H](Oc3ncc(Cl)cn3)C2)cc1. The van der Waals surface area contributed by atoms with Crippen molar-refractivity contribution < 1.29 is 17.9 Å². The van der Waals surface area contributed by atoms with Gasteiger partial charge in [-0.15, -0.1) is 0 Å². The van der Waals surface area contributed by atoms with Crippen molar-refractivity contribution in [2.45, 2.75) is 49.4 Å². The molecule has 1 fully saturated rings. The molecule has 0 aliphatic carbocycles. The number of piperidine rings is 1. The van der Waals surface area contributed by atoms with Gasteiger partial charge in [-0.3, -0.25) is 4.79 Å². The third-order valence-electron chi connectivity index (χ3n) is 4.83. The van der Waals surface area contributed by atoms with E-state index in [1.807, 2.05) is 0 Å². The molecule has 1 aromatic carbocycles. The average molecular weight is 438 g/mol. The fourth-order valence-corrected chi connectivity index (χ4v) is 4.28. The second-order valence-corrected chi connectivity index (χ2v) is 10.3.